The van der Waals surface area contributed by atoms with Crippen molar-refractivity contribution in [1.29, 1.82) is 5.26 Å². The van der Waals surface area contributed by atoms with Crippen LogP contribution in [-0.4, -0.2) is 59.6 Å². The van der Waals surface area contributed by atoms with E-state index in [-0.39, 0.29) is 18.4 Å². The van der Waals surface area contributed by atoms with Crippen molar-refractivity contribution in [2.75, 3.05) is 31.9 Å². The second kappa shape index (κ2) is 9.53. The molecule has 0 saturated carbocycles. The number of rotatable bonds is 7. The molecule has 8 heteroatoms. The fourth-order valence-corrected chi connectivity index (χ4v) is 4.22. The second-order valence-corrected chi connectivity index (χ2v) is 7.50. The summed E-state index contributed by atoms with van der Waals surface area (Å²) >= 11 is 1.54. The summed E-state index contributed by atoms with van der Waals surface area (Å²) in [5.74, 6) is 0.520. The number of carbonyl (C=O) groups excluding carboxylic acids is 2. The lowest BCUT2D eigenvalue weighted by atomic mass is 10.0. The van der Waals surface area contributed by atoms with Crippen LogP contribution in [0, 0.1) is 11.3 Å². The number of carbonyl (C=O) groups is 2. The minimum atomic E-state index is -0.425. The molecule has 1 N–H and O–H groups in total. The molecular weight excluding hydrogens is 376 g/mol. The molecule has 0 aliphatic carbocycles. The molecule has 28 heavy (non-hydrogen) atoms. The van der Waals surface area contributed by atoms with Crippen LogP contribution in [0.4, 0.5) is 0 Å². The van der Waals surface area contributed by atoms with Gasteiger partial charge in [-0.3, -0.25) is 14.6 Å². The van der Waals surface area contributed by atoms with Crippen LogP contribution in [-0.2, 0) is 16.0 Å². The van der Waals surface area contributed by atoms with Gasteiger partial charge in [-0.25, -0.2) is 0 Å². The highest BCUT2D eigenvalue weighted by Crippen LogP contribution is 2.21. The van der Waals surface area contributed by atoms with Crippen LogP contribution in [0.25, 0.3) is 10.9 Å². The first kappa shape index (κ1) is 20.1. The molecular formula is C20H22N4O3S. The Morgan fingerprint density at radius 2 is 2.29 bits per heavy atom. The van der Waals surface area contributed by atoms with E-state index in [1.807, 2.05) is 18.2 Å². The number of pyridine rings is 1. The lowest BCUT2D eigenvalue weighted by Crippen LogP contribution is -2.42. The minimum Gasteiger partial charge on any atom is -0.385 e. The van der Waals surface area contributed by atoms with E-state index in [1.54, 1.807) is 19.4 Å². The molecule has 1 aliphatic rings. The number of thioether (sulfide) groups is 1. The first-order valence-electron chi connectivity index (χ1n) is 9.05. The topological polar surface area (TPSA) is 95.3 Å². The standard InChI is InChI=1S/C20H22N4O3S/c1-27-8-2-3-14-4-5-18-17(9-14)16(6-7-22-18)20(26)23-11-19(25)24-13-28-12-15(24)10-21/h4-7,9,15H,2-3,8,11-13H2,1H3,(H,23,26)/t15-/m1/s1. The van der Waals surface area contributed by atoms with E-state index >= 15 is 0 Å². The highest BCUT2D eigenvalue weighted by molar-refractivity contribution is 7.99. The van der Waals surface area contributed by atoms with E-state index in [4.69, 9.17) is 10.00 Å². The number of amides is 2. The minimum absolute atomic E-state index is 0.130. The Balaban J connectivity index is 1.71. The van der Waals surface area contributed by atoms with Gasteiger partial charge < -0.3 is 15.0 Å². The highest BCUT2D eigenvalue weighted by atomic mass is 32.2. The Hall–Kier alpha value is -2.63. The van der Waals surface area contributed by atoms with Gasteiger partial charge in [0.25, 0.3) is 5.91 Å². The number of nitrogens with zero attached hydrogens (tertiary/aromatic N) is 3. The Labute approximate surface area is 168 Å². The molecule has 1 aromatic heterocycles. The SMILES string of the molecule is COCCCc1ccc2nccc(C(=O)NCC(=O)N3CSC[C@H]3C#N)c2c1. The normalized spacial score (nSPS) is 16.1. The third kappa shape index (κ3) is 4.61. The molecule has 2 heterocycles. The smallest absolute Gasteiger partial charge is 0.252 e. The summed E-state index contributed by atoms with van der Waals surface area (Å²) in [6, 6.07) is 9.23. The molecule has 2 aromatic rings. The van der Waals surface area contributed by atoms with Crippen LogP contribution in [0.5, 0.6) is 0 Å². The van der Waals surface area contributed by atoms with Crippen molar-refractivity contribution in [3.05, 3.63) is 41.6 Å². The fourth-order valence-electron chi connectivity index (χ4n) is 3.12. The van der Waals surface area contributed by atoms with Crippen LogP contribution in [0.2, 0.25) is 0 Å². The van der Waals surface area contributed by atoms with Gasteiger partial charge in [0.05, 0.1) is 29.6 Å². The number of hydrogen-bond donors (Lipinski definition) is 1. The van der Waals surface area contributed by atoms with Crippen LogP contribution >= 0.6 is 11.8 Å². The monoisotopic (exact) mass is 398 g/mol. The molecule has 1 aromatic carbocycles. The van der Waals surface area contributed by atoms with Crippen LogP contribution in [0.3, 0.4) is 0 Å². The lowest BCUT2D eigenvalue weighted by Gasteiger charge is -2.18. The van der Waals surface area contributed by atoms with Gasteiger partial charge in [-0.1, -0.05) is 6.07 Å². The largest absolute Gasteiger partial charge is 0.385 e. The quantitative estimate of drug-likeness (QED) is 0.717. The van der Waals surface area contributed by atoms with Crippen molar-refractivity contribution in [2.24, 2.45) is 0 Å². The fraction of sp³-hybridized carbons (Fsp3) is 0.400. The molecule has 1 atom stereocenters. The predicted molar refractivity (Wildman–Crippen MR) is 108 cm³/mol. The van der Waals surface area contributed by atoms with Crippen LogP contribution in [0.1, 0.15) is 22.3 Å². The number of ether oxygens (including phenoxy) is 1. The molecule has 1 aliphatic heterocycles. The Kier molecular flexibility index (Phi) is 6.85. The predicted octanol–water partition coefficient (Wildman–Crippen LogP) is 1.97. The second-order valence-electron chi connectivity index (χ2n) is 6.50. The number of aromatic nitrogens is 1. The summed E-state index contributed by atoms with van der Waals surface area (Å²) in [6.07, 6.45) is 3.33. The van der Waals surface area contributed by atoms with Gasteiger partial charge in [0.15, 0.2) is 0 Å². The Bertz CT molecular complexity index is 912. The first-order chi connectivity index (χ1) is 13.6. The summed E-state index contributed by atoms with van der Waals surface area (Å²) in [6.45, 7) is 0.550. The summed E-state index contributed by atoms with van der Waals surface area (Å²) in [4.78, 5) is 30.9. The van der Waals surface area contributed by atoms with E-state index < -0.39 is 6.04 Å². The van der Waals surface area contributed by atoms with Gasteiger partial charge in [-0.2, -0.15) is 5.26 Å². The molecule has 146 valence electrons. The van der Waals surface area contributed by atoms with E-state index in [0.717, 1.165) is 29.3 Å². The average Bonchev–Trinajstić information content (AvgIpc) is 3.20. The highest BCUT2D eigenvalue weighted by Gasteiger charge is 2.29. The third-order valence-electron chi connectivity index (χ3n) is 4.62. The molecule has 7 nitrogen and oxygen atoms in total. The number of nitrogens with one attached hydrogen (secondary N) is 1. The zero-order valence-electron chi connectivity index (χ0n) is 15.7. The van der Waals surface area contributed by atoms with Gasteiger partial charge in [-0.15, -0.1) is 11.8 Å². The molecule has 3 rings (SSSR count). The number of nitriles is 1. The number of benzene rings is 1. The van der Waals surface area contributed by atoms with Gasteiger partial charge in [0.2, 0.25) is 5.91 Å². The molecule has 0 radical (unpaired) electrons. The number of fused-ring (bicyclic) bond motifs is 1. The van der Waals surface area contributed by atoms with Crippen molar-refractivity contribution in [3.63, 3.8) is 0 Å². The van der Waals surface area contributed by atoms with Gasteiger partial charge >= 0.3 is 0 Å². The summed E-state index contributed by atoms with van der Waals surface area (Å²) < 4.78 is 5.09. The van der Waals surface area contributed by atoms with Crippen molar-refractivity contribution >= 4 is 34.5 Å². The molecule has 1 fully saturated rings. The Morgan fingerprint density at radius 1 is 1.43 bits per heavy atom. The molecule has 1 saturated heterocycles. The van der Waals surface area contributed by atoms with Gasteiger partial charge in [-0.05, 0) is 36.6 Å². The van der Waals surface area contributed by atoms with Crippen molar-refractivity contribution < 1.29 is 14.3 Å². The zero-order chi connectivity index (χ0) is 19.9. The number of hydrogen-bond acceptors (Lipinski definition) is 6. The van der Waals surface area contributed by atoms with E-state index in [9.17, 15) is 9.59 Å². The third-order valence-corrected chi connectivity index (χ3v) is 5.63. The van der Waals surface area contributed by atoms with Crippen molar-refractivity contribution in [2.45, 2.75) is 18.9 Å². The maximum atomic E-state index is 12.7. The van der Waals surface area contributed by atoms with Crippen molar-refractivity contribution in [3.8, 4) is 6.07 Å². The molecule has 0 unspecified atom stereocenters. The van der Waals surface area contributed by atoms with Crippen LogP contribution < -0.4 is 5.32 Å². The van der Waals surface area contributed by atoms with Crippen LogP contribution in [0.15, 0.2) is 30.5 Å². The van der Waals surface area contributed by atoms with E-state index in [1.165, 1.54) is 16.7 Å². The zero-order valence-corrected chi connectivity index (χ0v) is 16.5. The van der Waals surface area contributed by atoms with E-state index in [2.05, 4.69) is 16.4 Å². The molecule has 0 bridgehead atoms. The summed E-state index contributed by atoms with van der Waals surface area (Å²) in [5.41, 5.74) is 2.32. The summed E-state index contributed by atoms with van der Waals surface area (Å²) in [5, 5.41) is 12.5. The maximum Gasteiger partial charge on any atom is 0.252 e. The van der Waals surface area contributed by atoms with E-state index in [0.29, 0.717) is 23.8 Å². The maximum absolute atomic E-state index is 12.7. The Morgan fingerprint density at radius 3 is 3.07 bits per heavy atom. The summed E-state index contributed by atoms with van der Waals surface area (Å²) in [7, 11) is 1.67. The first-order valence-corrected chi connectivity index (χ1v) is 10.2. The average molecular weight is 398 g/mol. The van der Waals surface area contributed by atoms with Gasteiger partial charge in [0.1, 0.15) is 6.04 Å². The number of methoxy groups -OCH3 is 1. The number of aryl methyl sites for hydroxylation is 1. The van der Waals surface area contributed by atoms with Crippen molar-refractivity contribution in [1.82, 2.24) is 15.2 Å². The molecule has 0 spiro atoms. The lowest BCUT2D eigenvalue weighted by molar-refractivity contribution is -0.129. The van der Waals surface area contributed by atoms with Gasteiger partial charge in [0, 0.05) is 31.1 Å². The molecule has 2 amide bonds.